The van der Waals surface area contributed by atoms with Crippen LogP contribution in [0.15, 0.2) is 42.7 Å². The highest BCUT2D eigenvalue weighted by atomic mass is 19.1. The van der Waals surface area contributed by atoms with Crippen molar-refractivity contribution >= 4 is 5.69 Å². The van der Waals surface area contributed by atoms with Crippen LogP contribution >= 0.6 is 0 Å². The van der Waals surface area contributed by atoms with E-state index in [1.165, 1.54) is 6.07 Å². The number of hydrogen-bond acceptors (Lipinski definition) is 3. The van der Waals surface area contributed by atoms with Gasteiger partial charge in [0.15, 0.2) is 0 Å². The van der Waals surface area contributed by atoms with Gasteiger partial charge in [0.2, 0.25) is 0 Å². The molecule has 1 N–H and O–H groups in total. The Morgan fingerprint density at radius 1 is 1.22 bits per heavy atom. The molecule has 0 bridgehead atoms. The number of nitriles is 1. The summed E-state index contributed by atoms with van der Waals surface area (Å²) in [5, 5.41) is 11.6. The fourth-order valence-corrected chi connectivity index (χ4v) is 1.62. The second-order valence-corrected chi connectivity index (χ2v) is 3.84. The van der Waals surface area contributed by atoms with Gasteiger partial charge >= 0.3 is 0 Å². The maximum absolute atomic E-state index is 13.5. The Labute approximate surface area is 105 Å². The Morgan fingerprint density at radius 3 is 2.67 bits per heavy atom. The summed E-state index contributed by atoms with van der Waals surface area (Å²) >= 11 is 0. The maximum Gasteiger partial charge on any atom is 0.147 e. The second-order valence-electron chi connectivity index (χ2n) is 3.84. The largest absolute Gasteiger partial charge is 0.382 e. The Hall–Kier alpha value is -2.41. The molecular formula is C14H12FN3. The number of nitrogens with zero attached hydrogens (tertiary/aromatic N) is 2. The molecule has 0 aliphatic carbocycles. The molecule has 0 spiro atoms. The molecule has 3 nitrogen and oxygen atoms in total. The van der Waals surface area contributed by atoms with Gasteiger partial charge in [0.05, 0.1) is 17.3 Å². The number of nitrogens with one attached hydrogen (secondary N) is 1. The number of halogens is 1. The molecule has 0 fully saturated rings. The number of hydrogen-bond donors (Lipinski definition) is 1. The first-order chi connectivity index (χ1) is 8.79. The van der Waals surface area contributed by atoms with E-state index in [0.29, 0.717) is 17.8 Å². The van der Waals surface area contributed by atoms with Crippen molar-refractivity contribution in [1.82, 2.24) is 4.98 Å². The monoisotopic (exact) mass is 241 g/mol. The third kappa shape index (κ3) is 3.05. The molecule has 0 atom stereocenters. The molecule has 4 heteroatoms. The fraction of sp³-hybridized carbons (Fsp3) is 0.143. The summed E-state index contributed by atoms with van der Waals surface area (Å²) in [6.07, 6.45) is 4.26. The molecule has 1 aromatic heterocycles. The summed E-state index contributed by atoms with van der Waals surface area (Å²) in [7, 11) is 0. The van der Waals surface area contributed by atoms with Gasteiger partial charge in [0.25, 0.3) is 0 Å². The molecule has 0 saturated heterocycles. The lowest BCUT2D eigenvalue weighted by Gasteiger charge is -2.07. The van der Waals surface area contributed by atoms with Crippen LogP contribution in [0.1, 0.15) is 11.1 Å². The molecule has 90 valence electrons. The van der Waals surface area contributed by atoms with E-state index in [1.54, 1.807) is 24.5 Å². The van der Waals surface area contributed by atoms with Crippen LogP contribution in [0.4, 0.5) is 10.1 Å². The van der Waals surface area contributed by atoms with Gasteiger partial charge in [-0.15, -0.1) is 0 Å². The molecule has 0 amide bonds. The van der Waals surface area contributed by atoms with Gasteiger partial charge in [-0.2, -0.15) is 5.26 Å². The maximum atomic E-state index is 13.5. The predicted octanol–water partition coefficient (Wildman–Crippen LogP) is 2.75. The lowest BCUT2D eigenvalue weighted by atomic mass is 10.2. The van der Waals surface area contributed by atoms with Crippen molar-refractivity contribution in [2.24, 2.45) is 0 Å². The van der Waals surface area contributed by atoms with Crippen molar-refractivity contribution in [3.63, 3.8) is 0 Å². The van der Waals surface area contributed by atoms with E-state index in [9.17, 15) is 4.39 Å². The van der Waals surface area contributed by atoms with Gasteiger partial charge in [-0.05, 0) is 42.3 Å². The molecule has 2 aromatic rings. The highest BCUT2D eigenvalue weighted by Crippen LogP contribution is 2.15. The molecule has 18 heavy (non-hydrogen) atoms. The standard InChI is InChI=1S/C14H12FN3/c15-13-9-12(10-16)1-2-14(13)18-8-5-11-3-6-17-7-4-11/h1-4,6-7,9,18H,5,8H2. The lowest BCUT2D eigenvalue weighted by Crippen LogP contribution is -2.06. The van der Waals surface area contributed by atoms with Gasteiger partial charge in [-0.3, -0.25) is 4.98 Å². The molecule has 1 heterocycles. The van der Waals surface area contributed by atoms with Gasteiger partial charge in [0, 0.05) is 18.9 Å². The van der Waals surface area contributed by atoms with Crippen molar-refractivity contribution in [3.8, 4) is 6.07 Å². The van der Waals surface area contributed by atoms with Gasteiger partial charge in [0.1, 0.15) is 5.82 Å². The Morgan fingerprint density at radius 2 is 2.00 bits per heavy atom. The van der Waals surface area contributed by atoms with Crippen molar-refractivity contribution < 1.29 is 4.39 Å². The Bertz CT molecular complexity index is 561. The van der Waals surface area contributed by atoms with Crippen LogP contribution in [0.3, 0.4) is 0 Å². The highest BCUT2D eigenvalue weighted by Gasteiger charge is 2.02. The van der Waals surface area contributed by atoms with E-state index in [-0.39, 0.29) is 0 Å². The molecule has 0 unspecified atom stereocenters. The third-order valence-electron chi connectivity index (χ3n) is 2.58. The first kappa shape index (κ1) is 12.1. The number of benzene rings is 1. The van der Waals surface area contributed by atoms with Crippen LogP contribution in [-0.2, 0) is 6.42 Å². The molecule has 0 radical (unpaired) electrons. The average Bonchev–Trinajstić information content (AvgIpc) is 2.42. The van der Waals surface area contributed by atoms with Crippen LogP contribution in [0.25, 0.3) is 0 Å². The zero-order chi connectivity index (χ0) is 12.8. The lowest BCUT2D eigenvalue weighted by molar-refractivity contribution is 0.629. The average molecular weight is 241 g/mol. The molecular weight excluding hydrogens is 229 g/mol. The Kier molecular flexibility index (Phi) is 3.87. The minimum atomic E-state index is -0.399. The minimum Gasteiger partial charge on any atom is -0.382 e. The molecule has 1 aromatic carbocycles. The van der Waals surface area contributed by atoms with E-state index in [0.717, 1.165) is 12.0 Å². The summed E-state index contributed by atoms with van der Waals surface area (Å²) in [6.45, 7) is 0.632. The number of anilines is 1. The zero-order valence-electron chi connectivity index (χ0n) is 9.73. The summed E-state index contributed by atoms with van der Waals surface area (Å²) in [4.78, 5) is 3.93. The van der Waals surface area contributed by atoms with Gasteiger partial charge in [-0.1, -0.05) is 0 Å². The van der Waals surface area contributed by atoms with Crippen LogP contribution in [0.2, 0.25) is 0 Å². The molecule has 0 saturated carbocycles. The highest BCUT2D eigenvalue weighted by molar-refractivity contribution is 5.48. The van der Waals surface area contributed by atoms with Crippen LogP contribution < -0.4 is 5.32 Å². The molecule has 2 rings (SSSR count). The normalized spacial score (nSPS) is 9.78. The number of pyridine rings is 1. The minimum absolute atomic E-state index is 0.326. The number of aromatic nitrogens is 1. The third-order valence-corrected chi connectivity index (χ3v) is 2.58. The molecule has 0 aliphatic rings. The van der Waals surface area contributed by atoms with Crippen molar-refractivity contribution in [3.05, 3.63) is 59.7 Å². The van der Waals surface area contributed by atoms with Crippen molar-refractivity contribution in [2.45, 2.75) is 6.42 Å². The first-order valence-electron chi connectivity index (χ1n) is 5.62. The van der Waals surface area contributed by atoms with E-state index in [2.05, 4.69) is 10.3 Å². The van der Waals surface area contributed by atoms with Gasteiger partial charge < -0.3 is 5.32 Å². The zero-order valence-corrected chi connectivity index (χ0v) is 9.73. The SMILES string of the molecule is N#Cc1ccc(NCCc2ccncc2)c(F)c1. The summed E-state index contributed by atoms with van der Waals surface area (Å²) < 4.78 is 13.5. The second kappa shape index (κ2) is 5.78. The van der Waals surface area contributed by atoms with Crippen molar-refractivity contribution in [2.75, 3.05) is 11.9 Å². The summed E-state index contributed by atoms with van der Waals surface area (Å²) in [6, 6.07) is 10.2. The number of rotatable bonds is 4. The van der Waals surface area contributed by atoms with Crippen LogP contribution in [0, 0.1) is 17.1 Å². The smallest absolute Gasteiger partial charge is 0.147 e. The van der Waals surface area contributed by atoms with Crippen LogP contribution in [-0.4, -0.2) is 11.5 Å². The van der Waals surface area contributed by atoms with E-state index in [1.807, 2.05) is 18.2 Å². The van der Waals surface area contributed by atoms with Crippen LogP contribution in [0.5, 0.6) is 0 Å². The molecule has 0 aliphatic heterocycles. The predicted molar refractivity (Wildman–Crippen MR) is 67.5 cm³/mol. The fourth-order valence-electron chi connectivity index (χ4n) is 1.62. The summed E-state index contributed by atoms with van der Waals surface area (Å²) in [5.74, 6) is -0.399. The Balaban J connectivity index is 1.93. The van der Waals surface area contributed by atoms with E-state index < -0.39 is 5.82 Å². The van der Waals surface area contributed by atoms with Crippen molar-refractivity contribution in [1.29, 1.82) is 5.26 Å². The van der Waals surface area contributed by atoms with E-state index in [4.69, 9.17) is 5.26 Å². The van der Waals surface area contributed by atoms with Gasteiger partial charge in [-0.25, -0.2) is 4.39 Å². The topological polar surface area (TPSA) is 48.7 Å². The first-order valence-corrected chi connectivity index (χ1v) is 5.62. The summed E-state index contributed by atoms with van der Waals surface area (Å²) in [5.41, 5.74) is 1.89. The van der Waals surface area contributed by atoms with E-state index >= 15 is 0 Å². The quantitative estimate of drug-likeness (QED) is 0.895.